The van der Waals surface area contributed by atoms with Crippen LogP contribution in [0.2, 0.25) is 0 Å². The summed E-state index contributed by atoms with van der Waals surface area (Å²) in [5.41, 5.74) is 0. The zero-order chi connectivity index (χ0) is 73.2. The van der Waals surface area contributed by atoms with Gasteiger partial charge in [-0.25, -0.2) is 9.13 Å². The number of phosphoric ester groups is 2. The summed E-state index contributed by atoms with van der Waals surface area (Å²) in [5.74, 6) is -2.17. The molecular formula is C81H150NaO17P2+. The molecule has 0 heterocycles. The van der Waals surface area contributed by atoms with Crippen LogP contribution in [0.1, 0.15) is 387 Å². The molecule has 0 aliphatic carbocycles. The Balaban J connectivity index is 0. The molecule has 17 nitrogen and oxygen atoms in total. The van der Waals surface area contributed by atoms with Gasteiger partial charge in [0, 0.05) is 25.7 Å². The van der Waals surface area contributed by atoms with Crippen LogP contribution in [0.4, 0.5) is 0 Å². The van der Waals surface area contributed by atoms with E-state index in [-0.39, 0.29) is 55.2 Å². The maximum atomic E-state index is 13.1. The van der Waals surface area contributed by atoms with Crippen LogP contribution in [0.5, 0.6) is 0 Å². The number of hydrogen-bond acceptors (Lipinski definition) is 15. The number of hydrogen-bond donors (Lipinski definition) is 3. The van der Waals surface area contributed by atoms with Crippen molar-refractivity contribution in [3.8, 4) is 0 Å². The van der Waals surface area contributed by atoms with Gasteiger partial charge in [0.05, 0.1) is 26.4 Å². The molecule has 101 heavy (non-hydrogen) atoms. The summed E-state index contributed by atoms with van der Waals surface area (Å²) in [6.45, 7) is 4.90. The molecule has 0 aliphatic rings. The third-order valence-corrected chi connectivity index (χ3v) is 19.6. The molecule has 0 saturated carbocycles. The summed E-state index contributed by atoms with van der Waals surface area (Å²) < 4.78 is 68.6. The topological polar surface area (TPSA) is 237 Å². The van der Waals surface area contributed by atoms with E-state index < -0.39 is 97.5 Å². The molecular weight excluding hydrogens is 1330 g/mol. The van der Waals surface area contributed by atoms with Crippen molar-refractivity contribution in [2.45, 2.75) is 406 Å². The van der Waals surface area contributed by atoms with Gasteiger partial charge in [0.15, 0.2) is 12.2 Å². The normalized spacial score (nSPS) is 14.0. The molecule has 586 valence electrons. The van der Waals surface area contributed by atoms with Crippen LogP contribution in [-0.4, -0.2) is 96.7 Å². The molecule has 0 fully saturated rings. The molecule has 4 unspecified atom stereocenters. The Morgan fingerprint density at radius 2 is 0.465 bits per heavy atom. The maximum absolute atomic E-state index is 13.1. The largest absolute Gasteiger partial charge is 1.00 e. The standard InChI is InChI=1S/C81H150O17P2.Na/c1-5-9-13-17-21-25-29-33-37-41-45-49-53-57-61-65-78(83)91-71-76(97-80(85)67-63-59-55-51-47-43-39-35-31-27-23-19-15-11-7-3)73-95-99(87,88)93-69-75(82)70-94-100(89,90)96-74-77(98-81(86)68-64-60-56-52-48-44-40-36-32-28-24-20-16-12-8-4)72-92-79(84)66-62-58-54-50-46-42-38-34-30-26-22-18-14-10-6-2;/h33-40,75-77,82H,5-32,41-74H2,1-4H3,(H,87,88)(H,89,90);/q;+1. The summed E-state index contributed by atoms with van der Waals surface area (Å²) in [4.78, 5) is 73.0. The molecule has 0 amide bonds. The number of phosphoric acid groups is 2. The molecule has 0 bridgehead atoms. The van der Waals surface area contributed by atoms with Gasteiger partial charge in [-0.1, -0.05) is 282 Å². The summed E-state index contributed by atoms with van der Waals surface area (Å²) in [6.07, 6.45) is 72.2. The van der Waals surface area contributed by atoms with Crippen LogP contribution in [0.3, 0.4) is 0 Å². The minimum absolute atomic E-state index is 0. The first-order valence-corrected chi connectivity index (χ1v) is 43.9. The third kappa shape index (κ3) is 77.5. The molecule has 0 aliphatic heterocycles. The summed E-state index contributed by atoms with van der Waals surface area (Å²) >= 11 is 0. The van der Waals surface area contributed by atoms with Crippen molar-refractivity contribution >= 4 is 39.5 Å². The number of allylic oxidation sites excluding steroid dienone is 8. The number of aliphatic hydroxyl groups excluding tert-OH is 1. The van der Waals surface area contributed by atoms with Crippen LogP contribution in [-0.2, 0) is 65.4 Å². The first-order chi connectivity index (χ1) is 48.7. The van der Waals surface area contributed by atoms with E-state index in [9.17, 15) is 43.2 Å². The summed E-state index contributed by atoms with van der Waals surface area (Å²) in [5, 5.41) is 10.6. The van der Waals surface area contributed by atoms with Gasteiger partial charge in [0.25, 0.3) is 0 Å². The van der Waals surface area contributed by atoms with Crippen LogP contribution in [0, 0.1) is 0 Å². The Hall–Kier alpha value is -1.98. The summed E-state index contributed by atoms with van der Waals surface area (Å²) in [7, 11) is -9.95. The van der Waals surface area contributed by atoms with Gasteiger partial charge in [0.1, 0.15) is 19.3 Å². The van der Waals surface area contributed by atoms with E-state index in [1.54, 1.807) is 0 Å². The Labute approximate surface area is 639 Å². The molecule has 4 atom stereocenters. The fourth-order valence-corrected chi connectivity index (χ4v) is 13.0. The van der Waals surface area contributed by atoms with Gasteiger partial charge < -0.3 is 33.8 Å². The van der Waals surface area contributed by atoms with Crippen molar-refractivity contribution in [2.24, 2.45) is 0 Å². The van der Waals surface area contributed by atoms with Crippen molar-refractivity contribution in [2.75, 3.05) is 39.6 Å². The number of carbonyl (C=O) groups is 4. The van der Waals surface area contributed by atoms with Crippen LogP contribution >= 0.6 is 15.6 Å². The van der Waals surface area contributed by atoms with E-state index in [2.05, 4.69) is 76.3 Å². The second-order valence-electron chi connectivity index (χ2n) is 27.7. The number of esters is 4. The quantitative estimate of drug-likeness (QED) is 0.0128. The Morgan fingerprint density at radius 3 is 0.693 bits per heavy atom. The summed E-state index contributed by atoms with van der Waals surface area (Å²) in [6, 6.07) is 0. The molecule has 0 spiro atoms. The van der Waals surface area contributed by atoms with E-state index in [1.165, 1.54) is 154 Å². The van der Waals surface area contributed by atoms with Gasteiger partial charge in [-0.2, -0.15) is 0 Å². The van der Waals surface area contributed by atoms with E-state index >= 15 is 0 Å². The average molecular weight is 1480 g/mol. The minimum Gasteiger partial charge on any atom is -0.462 e. The monoisotopic (exact) mass is 1480 g/mol. The number of unbranched alkanes of at least 4 members (excludes halogenated alkanes) is 44. The van der Waals surface area contributed by atoms with Crippen LogP contribution < -0.4 is 29.6 Å². The van der Waals surface area contributed by atoms with Gasteiger partial charge in [-0.15, -0.1) is 0 Å². The fraction of sp³-hybridized carbons (Fsp3) is 0.852. The van der Waals surface area contributed by atoms with Gasteiger partial charge in [-0.3, -0.25) is 37.3 Å². The SMILES string of the molecule is CCCCCCCCC=CCCCCCCCC(=O)OCC(COP(=O)(O)OCC(O)COP(=O)(O)OCC(COC(=O)CCCCCCCC=CCCCCCCCC)OC(=O)CCCCCCCC=CCCCCCCCC)OC(=O)CCCCCCCC=CCCCCCCCC.[Na+]. The second kappa shape index (κ2) is 77.6. The Bertz CT molecular complexity index is 1950. The first kappa shape index (κ1) is 101. The van der Waals surface area contributed by atoms with Gasteiger partial charge in [0.2, 0.25) is 0 Å². The average Bonchev–Trinajstić information content (AvgIpc) is 1.01. The molecule has 0 saturated heterocycles. The smallest absolute Gasteiger partial charge is 0.462 e. The van der Waals surface area contributed by atoms with E-state index in [0.29, 0.717) is 25.7 Å². The Morgan fingerprint density at radius 1 is 0.277 bits per heavy atom. The molecule has 0 rings (SSSR count). The van der Waals surface area contributed by atoms with Crippen molar-refractivity contribution in [1.82, 2.24) is 0 Å². The zero-order valence-corrected chi connectivity index (χ0v) is 68.9. The minimum atomic E-state index is -4.97. The van der Waals surface area contributed by atoms with Gasteiger partial charge in [-0.05, 0) is 128 Å². The van der Waals surface area contributed by atoms with Crippen molar-refractivity contribution in [3.63, 3.8) is 0 Å². The second-order valence-corrected chi connectivity index (χ2v) is 30.6. The fourth-order valence-electron chi connectivity index (χ4n) is 11.4. The van der Waals surface area contributed by atoms with Gasteiger partial charge >= 0.3 is 69.1 Å². The molecule has 0 aromatic carbocycles. The molecule has 20 heteroatoms. The van der Waals surface area contributed by atoms with E-state index in [4.69, 9.17) is 37.0 Å². The molecule has 0 aromatic heterocycles. The predicted molar refractivity (Wildman–Crippen MR) is 409 cm³/mol. The zero-order valence-electron chi connectivity index (χ0n) is 65.1. The maximum Gasteiger partial charge on any atom is 1.00 e. The molecule has 0 radical (unpaired) electrons. The van der Waals surface area contributed by atoms with Crippen LogP contribution in [0.25, 0.3) is 0 Å². The first-order valence-electron chi connectivity index (χ1n) is 40.9. The van der Waals surface area contributed by atoms with Crippen molar-refractivity contribution < 1.29 is 110 Å². The Kier molecular flexibility index (Phi) is 77.7. The molecule has 3 N–H and O–H groups in total. The third-order valence-electron chi connectivity index (χ3n) is 17.7. The number of rotatable bonds is 78. The number of aliphatic hydroxyl groups is 1. The van der Waals surface area contributed by atoms with E-state index in [1.807, 2.05) is 0 Å². The number of ether oxygens (including phenoxy) is 4. The molecule has 0 aromatic rings. The van der Waals surface area contributed by atoms with Crippen LogP contribution in [0.15, 0.2) is 48.6 Å². The van der Waals surface area contributed by atoms with Crippen molar-refractivity contribution in [3.05, 3.63) is 48.6 Å². The van der Waals surface area contributed by atoms with Crippen molar-refractivity contribution in [1.29, 1.82) is 0 Å². The number of carbonyl (C=O) groups excluding carboxylic acids is 4. The predicted octanol–water partition coefficient (Wildman–Crippen LogP) is 20.7. The van der Waals surface area contributed by atoms with E-state index in [0.717, 1.165) is 154 Å².